The van der Waals surface area contributed by atoms with E-state index >= 15 is 0 Å². The lowest BCUT2D eigenvalue weighted by molar-refractivity contribution is 0.0429. The molecule has 0 aliphatic carbocycles. The van der Waals surface area contributed by atoms with Gasteiger partial charge in [-0.3, -0.25) is 0 Å². The standard InChI is InChI=1S/C18H22ClN3O6S/c1-11(2)17-21-16(28-22-17)10-27-18(23)12-5-6-14(19)15(8-12)29(24,25)20-9-13-4-3-7-26-13/h5-6,8,11,13,20H,3-4,7,9-10H2,1-2H3. The van der Waals surface area contributed by atoms with Crippen LogP contribution in [0.5, 0.6) is 0 Å². The number of rotatable bonds is 8. The van der Waals surface area contributed by atoms with E-state index in [4.69, 9.17) is 25.6 Å². The molecule has 0 saturated carbocycles. The number of carbonyl (C=O) groups is 1. The van der Waals surface area contributed by atoms with Gasteiger partial charge in [0.2, 0.25) is 10.0 Å². The van der Waals surface area contributed by atoms with E-state index in [1.165, 1.54) is 18.2 Å². The fraction of sp³-hybridized carbons (Fsp3) is 0.500. The number of esters is 1. The average Bonchev–Trinajstić information content (AvgIpc) is 3.36. The number of hydrogen-bond donors (Lipinski definition) is 1. The maximum absolute atomic E-state index is 12.6. The van der Waals surface area contributed by atoms with Crippen LogP contribution < -0.4 is 4.72 Å². The fourth-order valence-corrected chi connectivity index (χ4v) is 4.28. The number of benzene rings is 1. The van der Waals surface area contributed by atoms with Crippen LogP contribution in [0.4, 0.5) is 0 Å². The Hall–Kier alpha value is -2.01. The van der Waals surface area contributed by atoms with Crippen molar-refractivity contribution < 1.29 is 27.2 Å². The van der Waals surface area contributed by atoms with Crippen molar-refractivity contribution >= 4 is 27.6 Å². The summed E-state index contributed by atoms with van der Waals surface area (Å²) in [6, 6.07) is 3.90. The molecule has 1 atom stereocenters. The molecule has 1 aromatic carbocycles. The van der Waals surface area contributed by atoms with Crippen LogP contribution in [0, 0.1) is 0 Å². The van der Waals surface area contributed by atoms with Gasteiger partial charge >= 0.3 is 5.97 Å². The minimum atomic E-state index is -3.92. The Labute approximate surface area is 173 Å². The van der Waals surface area contributed by atoms with Crippen LogP contribution in [-0.2, 0) is 26.1 Å². The fourth-order valence-electron chi connectivity index (χ4n) is 2.69. The van der Waals surface area contributed by atoms with Crippen LogP contribution in [0.25, 0.3) is 0 Å². The first-order valence-electron chi connectivity index (χ1n) is 9.16. The van der Waals surface area contributed by atoms with Crippen molar-refractivity contribution in [3.8, 4) is 0 Å². The van der Waals surface area contributed by atoms with Crippen LogP contribution in [-0.4, -0.2) is 43.8 Å². The number of aromatic nitrogens is 2. The zero-order valence-corrected chi connectivity index (χ0v) is 17.6. The van der Waals surface area contributed by atoms with Crippen molar-refractivity contribution in [1.29, 1.82) is 0 Å². The molecule has 0 radical (unpaired) electrons. The Morgan fingerprint density at radius 3 is 2.86 bits per heavy atom. The van der Waals surface area contributed by atoms with Crippen molar-refractivity contribution in [3.05, 3.63) is 40.5 Å². The topological polar surface area (TPSA) is 121 Å². The highest BCUT2D eigenvalue weighted by atomic mass is 35.5. The van der Waals surface area contributed by atoms with Crippen molar-refractivity contribution in [2.24, 2.45) is 0 Å². The number of nitrogens with one attached hydrogen (secondary N) is 1. The van der Waals surface area contributed by atoms with E-state index in [1.807, 2.05) is 13.8 Å². The van der Waals surface area contributed by atoms with E-state index in [9.17, 15) is 13.2 Å². The number of hydrogen-bond acceptors (Lipinski definition) is 8. The van der Waals surface area contributed by atoms with Crippen LogP contribution in [0.1, 0.15) is 54.7 Å². The Morgan fingerprint density at radius 1 is 1.41 bits per heavy atom. The summed E-state index contributed by atoms with van der Waals surface area (Å²) in [5, 5.41) is 3.78. The third-order valence-electron chi connectivity index (χ3n) is 4.31. The molecule has 1 saturated heterocycles. The van der Waals surface area contributed by atoms with Crippen LogP contribution in [0.15, 0.2) is 27.6 Å². The molecule has 29 heavy (non-hydrogen) atoms. The summed E-state index contributed by atoms with van der Waals surface area (Å²) in [6.45, 7) is 4.35. The van der Waals surface area contributed by atoms with Crippen LogP contribution in [0.3, 0.4) is 0 Å². The Bertz CT molecular complexity index is 970. The highest BCUT2D eigenvalue weighted by molar-refractivity contribution is 7.89. The van der Waals surface area contributed by atoms with Crippen molar-refractivity contribution in [1.82, 2.24) is 14.9 Å². The smallest absolute Gasteiger partial charge is 0.338 e. The largest absolute Gasteiger partial charge is 0.452 e. The molecule has 1 aromatic heterocycles. The Kier molecular flexibility index (Phi) is 6.89. The summed E-state index contributed by atoms with van der Waals surface area (Å²) in [5.74, 6) is 0.00577. The van der Waals surface area contributed by atoms with E-state index in [1.54, 1.807) is 0 Å². The normalized spacial score (nSPS) is 17.0. The van der Waals surface area contributed by atoms with Gasteiger partial charge in [-0.2, -0.15) is 4.98 Å². The second kappa shape index (κ2) is 9.21. The quantitative estimate of drug-likeness (QED) is 0.618. The molecule has 0 spiro atoms. The van der Waals surface area contributed by atoms with E-state index in [0.29, 0.717) is 12.4 Å². The van der Waals surface area contributed by atoms with Crippen molar-refractivity contribution in [2.75, 3.05) is 13.2 Å². The van der Waals surface area contributed by atoms with Gasteiger partial charge < -0.3 is 14.0 Å². The molecule has 2 aromatic rings. The number of ether oxygens (including phenoxy) is 2. The lowest BCUT2D eigenvalue weighted by Gasteiger charge is -2.13. The Morgan fingerprint density at radius 2 is 2.21 bits per heavy atom. The first-order chi connectivity index (χ1) is 13.8. The molecule has 0 bridgehead atoms. The highest BCUT2D eigenvalue weighted by Crippen LogP contribution is 2.24. The van der Waals surface area contributed by atoms with Gasteiger partial charge in [-0.1, -0.05) is 30.6 Å². The summed E-state index contributed by atoms with van der Waals surface area (Å²) in [5.41, 5.74) is 0.0375. The van der Waals surface area contributed by atoms with Gasteiger partial charge in [0.15, 0.2) is 12.4 Å². The second-order valence-corrected chi connectivity index (χ2v) is 9.05. The molecular weight excluding hydrogens is 422 g/mol. The van der Waals surface area contributed by atoms with Crippen LogP contribution >= 0.6 is 11.6 Å². The summed E-state index contributed by atoms with van der Waals surface area (Å²) in [4.78, 5) is 16.2. The first kappa shape index (κ1) is 21.7. The van der Waals surface area contributed by atoms with Crippen molar-refractivity contribution in [2.45, 2.75) is 50.2 Å². The molecule has 2 heterocycles. The summed E-state index contributed by atoms with van der Waals surface area (Å²) in [7, 11) is -3.92. The maximum atomic E-state index is 12.6. The minimum Gasteiger partial charge on any atom is -0.452 e. The molecule has 1 aliphatic rings. The molecular formula is C18H22ClN3O6S. The molecule has 1 unspecified atom stereocenters. The third kappa shape index (κ3) is 5.53. The van der Waals surface area contributed by atoms with Gasteiger partial charge in [0.1, 0.15) is 4.90 Å². The summed E-state index contributed by atoms with van der Waals surface area (Å²) < 4.78 is 43.2. The van der Waals surface area contributed by atoms with Gasteiger partial charge in [-0.05, 0) is 31.0 Å². The van der Waals surface area contributed by atoms with Gasteiger partial charge in [0, 0.05) is 19.1 Å². The van der Waals surface area contributed by atoms with E-state index in [2.05, 4.69) is 14.9 Å². The molecule has 158 valence electrons. The van der Waals surface area contributed by atoms with Crippen LogP contribution in [0.2, 0.25) is 5.02 Å². The SMILES string of the molecule is CC(C)c1noc(COC(=O)c2ccc(Cl)c(S(=O)(=O)NCC3CCCO3)c2)n1. The first-order valence-corrected chi connectivity index (χ1v) is 11.0. The lowest BCUT2D eigenvalue weighted by Crippen LogP contribution is -2.32. The maximum Gasteiger partial charge on any atom is 0.338 e. The Balaban J connectivity index is 1.67. The highest BCUT2D eigenvalue weighted by Gasteiger charge is 2.24. The van der Waals surface area contributed by atoms with Gasteiger partial charge in [0.05, 0.1) is 16.7 Å². The predicted molar refractivity (Wildman–Crippen MR) is 103 cm³/mol. The zero-order chi connectivity index (χ0) is 21.0. The molecule has 11 heteroatoms. The summed E-state index contributed by atoms with van der Waals surface area (Å²) >= 11 is 6.05. The summed E-state index contributed by atoms with van der Waals surface area (Å²) in [6.07, 6.45) is 1.52. The van der Waals surface area contributed by atoms with E-state index in [0.717, 1.165) is 12.8 Å². The minimum absolute atomic E-state index is 0.000123. The molecule has 0 amide bonds. The van der Waals surface area contributed by atoms with Gasteiger partial charge in [-0.15, -0.1) is 0 Å². The zero-order valence-electron chi connectivity index (χ0n) is 16.1. The molecule has 9 nitrogen and oxygen atoms in total. The van der Waals surface area contributed by atoms with Gasteiger partial charge in [-0.25, -0.2) is 17.9 Å². The van der Waals surface area contributed by atoms with Crippen molar-refractivity contribution in [3.63, 3.8) is 0 Å². The lowest BCUT2D eigenvalue weighted by atomic mass is 10.2. The van der Waals surface area contributed by atoms with E-state index < -0.39 is 16.0 Å². The average molecular weight is 444 g/mol. The predicted octanol–water partition coefficient (Wildman–Crippen LogP) is 2.66. The molecule has 1 aliphatic heterocycles. The number of sulfonamides is 1. The number of carbonyl (C=O) groups excluding carboxylic acids is 1. The van der Waals surface area contributed by atoms with E-state index in [-0.39, 0.29) is 46.5 Å². The molecule has 3 rings (SSSR count). The molecule has 1 N–H and O–H groups in total. The second-order valence-electron chi connectivity index (χ2n) is 6.91. The number of halogens is 1. The van der Waals surface area contributed by atoms with Gasteiger partial charge in [0.25, 0.3) is 5.89 Å². The monoisotopic (exact) mass is 443 g/mol. The number of nitrogens with zero attached hydrogens (tertiary/aromatic N) is 2. The molecule has 1 fully saturated rings. The third-order valence-corrected chi connectivity index (χ3v) is 6.21.